The SMILES string of the molecule is NC(c1cc(F)c(F)cc1Cl)C1CCCc2ccccc21. The smallest absolute Gasteiger partial charge is 0.160 e. The Morgan fingerprint density at radius 2 is 1.86 bits per heavy atom. The average Bonchev–Trinajstić information content (AvgIpc) is 2.49. The molecule has 0 heterocycles. The molecule has 110 valence electrons. The van der Waals surface area contributed by atoms with E-state index in [1.807, 2.05) is 12.1 Å². The highest BCUT2D eigenvalue weighted by atomic mass is 35.5. The molecule has 4 heteroatoms. The third kappa shape index (κ3) is 2.68. The molecule has 3 rings (SSSR count). The largest absolute Gasteiger partial charge is 0.323 e. The molecular weight excluding hydrogens is 292 g/mol. The number of benzene rings is 2. The van der Waals surface area contributed by atoms with Gasteiger partial charge in [-0.15, -0.1) is 0 Å². The average molecular weight is 308 g/mol. The summed E-state index contributed by atoms with van der Waals surface area (Å²) < 4.78 is 26.7. The molecule has 21 heavy (non-hydrogen) atoms. The van der Waals surface area contributed by atoms with Gasteiger partial charge < -0.3 is 5.73 Å². The highest BCUT2D eigenvalue weighted by molar-refractivity contribution is 6.31. The number of nitrogens with two attached hydrogens (primary N) is 1. The van der Waals surface area contributed by atoms with Crippen LogP contribution in [0.1, 0.15) is 41.5 Å². The molecule has 0 fully saturated rings. The second-order valence-corrected chi connectivity index (χ2v) is 5.92. The van der Waals surface area contributed by atoms with Crippen molar-refractivity contribution < 1.29 is 8.78 Å². The van der Waals surface area contributed by atoms with Crippen LogP contribution >= 0.6 is 11.6 Å². The van der Waals surface area contributed by atoms with Crippen molar-refractivity contribution in [1.82, 2.24) is 0 Å². The van der Waals surface area contributed by atoms with E-state index in [0.29, 0.717) is 5.56 Å². The molecule has 2 aromatic carbocycles. The lowest BCUT2D eigenvalue weighted by molar-refractivity contribution is 0.466. The summed E-state index contributed by atoms with van der Waals surface area (Å²) in [5, 5.41) is 0.185. The number of hydrogen-bond donors (Lipinski definition) is 1. The first kappa shape index (κ1) is 14.5. The number of rotatable bonds is 2. The Hall–Kier alpha value is -1.45. The molecule has 0 radical (unpaired) electrons. The number of fused-ring (bicyclic) bond motifs is 1. The van der Waals surface area contributed by atoms with E-state index in [-0.39, 0.29) is 10.9 Å². The Bertz CT molecular complexity index is 672. The molecule has 0 aromatic heterocycles. The van der Waals surface area contributed by atoms with Gasteiger partial charge in [-0.25, -0.2) is 8.78 Å². The molecule has 0 saturated carbocycles. The summed E-state index contributed by atoms with van der Waals surface area (Å²) in [6, 6.07) is 9.84. The van der Waals surface area contributed by atoms with Crippen LogP contribution in [0.2, 0.25) is 5.02 Å². The standard InChI is InChI=1S/C17H16ClF2N/c18-14-9-16(20)15(19)8-13(14)17(21)12-7-3-5-10-4-1-2-6-11(10)12/h1-2,4,6,8-9,12,17H,3,5,7,21H2. The predicted molar refractivity (Wildman–Crippen MR) is 80.4 cm³/mol. The first-order chi connectivity index (χ1) is 10.1. The molecule has 0 bridgehead atoms. The summed E-state index contributed by atoms with van der Waals surface area (Å²) in [6.07, 6.45) is 3.00. The maximum Gasteiger partial charge on any atom is 0.160 e. The van der Waals surface area contributed by atoms with Crippen molar-refractivity contribution in [2.45, 2.75) is 31.2 Å². The normalized spacial score (nSPS) is 19.1. The van der Waals surface area contributed by atoms with E-state index in [2.05, 4.69) is 12.1 Å². The van der Waals surface area contributed by atoms with Crippen molar-refractivity contribution in [3.8, 4) is 0 Å². The number of halogens is 3. The molecule has 0 spiro atoms. The zero-order valence-electron chi connectivity index (χ0n) is 11.5. The second-order valence-electron chi connectivity index (χ2n) is 5.51. The van der Waals surface area contributed by atoms with Crippen LogP contribution in [0.15, 0.2) is 36.4 Å². The molecule has 1 nitrogen and oxygen atoms in total. The molecule has 0 amide bonds. The fourth-order valence-corrected chi connectivity index (χ4v) is 3.45. The summed E-state index contributed by atoms with van der Waals surface area (Å²) >= 11 is 6.06. The van der Waals surface area contributed by atoms with Crippen molar-refractivity contribution in [2.75, 3.05) is 0 Å². The lowest BCUT2D eigenvalue weighted by atomic mass is 9.77. The third-order valence-corrected chi connectivity index (χ3v) is 4.58. The highest BCUT2D eigenvalue weighted by Gasteiger charge is 2.28. The van der Waals surface area contributed by atoms with Gasteiger partial charge in [0.15, 0.2) is 11.6 Å². The van der Waals surface area contributed by atoms with Crippen molar-refractivity contribution >= 4 is 11.6 Å². The molecule has 1 aliphatic rings. The number of hydrogen-bond acceptors (Lipinski definition) is 1. The maximum absolute atomic E-state index is 13.5. The van der Waals surface area contributed by atoms with Gasteiger partial charge in [-0.3, -0.25) is 0 Å². The van der Waals surface area contributed by atoms with Crippen LogP contribution in [-0.2, 0) is 6.42 Å². The van der Waals surface area contributed by atoms with Gasteiger partial charge in [-0.2, -0.15) is 0 Å². The quantitative estimate of drug-likeness (QED) is 0.797. The molecule has 0 aliphatic heterocycles. The van der Waals surface area contributed by atoms with Crippen LogP contribution in [0.5, 0.6) is 0 Å². The molecular formula is C17H16ClF2N. The van der Waals surface area contributed by atoms with E-state index in [0.717, 1.165) is 31.4 Å². The minimum atomic E-state index is -0.944. The fraction of sp³-hybridized carbons (Fsp3) is 0.294. The van der Waals surface area contributed by atoms with E-state index < -0.39 is 17.7 Å². The zero-order chi connectivity index (χ0) is 15.0. The molecule has 2 atom stereocenters. The summed E-state index contributed by atoms with van der Waals surface area (Å²) in [7, 11) is 0. The predicted octanol–water partition coefficient (Wildman–Crippen LogP) is 4.74. The van der Waals surface area contributed by atoms with Crippen LogP contribution in [0.25, 0.3) is 0 Å². The maximum atomic E-state index is 13.5. The van der Waals surface area contributed by atoms with Crippen LogP contribution in [0, 0.1) is 11.6 Å². The van der Waals surface area contributed by atoms with E-state index in [1.54, 1.807) is 0 Å². The van der Waals surface area contributed by atoms with E-state index in [4.69, 9.17) is 17.3 Å². The van der Waals surface area contributed by atoms with Gasteiger partial charge in [-0.1, -0.05) is 35.9 Å². The van der Waals surface area contributed by atoms with Crippen LogP contribution < -0.4 is 5.73 Å². The first-order valence-corrected chi connectivity index (χ1v) is 7.43. The van der Waals surface area contributed by atoms with E-state index in [1.165, 1.54) is 11.1 Å². The Kier molecular flexibility index (Phi) is 3.96. The lowest BCUT2D eigenvalue weighted by Gasteiger charge is -2.31. The Morgan fingerprint density at radius 1 is 1.14 bits per heavy atom. The van der Waals surface area contributed by atoms with E-state index in [9.17, 15) is 8.78 Å². The monoisotopic (exact) mass is 307 g/mol. The highest BCUT2D eigenvalue weighted by Crippen LogP contribution is 2.41. The third-order valence-electron chi connectivity index (χ3n) is 4.25. The van der Waals surface area contributed by atoms with Crippen LogP contribution in [-0.4, -0.2) is 0 Å². The zero-order valence-corrected chi connectivity index (χ0v) is 12.2. The molecule has 2 aromatic rings. The van der Waals surface area contributed by atoms with Gasteiger partial charge in [-0.05, 0) is 48.1 Å². The van der Waals surface area contributed by atoms with Crippen LogP contribution in [0.4, 0.5) is 8.78 Å². The van der Waals surface area contributed by atoms with Gasteiger partial charge in [0.1, 0.15) is 0 Å². The minimum Gasteiger partial charge on any atom is -0.323 e. The molecule has 2 unspecified atom stereocenters. The summed E-state index contributed by atoms with van der Waals surface area (Å²) in [5.41, 5.74) is 9.27. The van der Waals surface area contributed by atoms with Crippen molar-refractivity contribution in [2.24, 2.45) is 5.73 Å². The van der Waals surface area contributed by atoms with Gasteiger partial charge in [0.05, 0.1) is 0 Å². The van der Waals surface area contributed by atoms with Crippen molar-refractivity contribution in [1.29, 1.82) is 0 Å². The topological polar surface area (TPSA) is 26.0 Å². The van der Waals surface area contributed by atoms with Gasteiger partial charge in [0, 0.05) is 17.0 Å². The summed E-state index contributed by atoms with van der Waals surface area (Å²) in [4.78, 5) is 0. The van der Waals surface area contributed by atoms with Crippen LogP contribution in [0.3, 0.4) is 0 Å². The minimum absolute atomic E-state index is 0.0808. The van der Waals surface area contributed by atoms with Crippen molar-refractivity contribution in [3.05, 3.63) is 69.7 Å². The van der Waals surface area contributed by atoms with E-state index >= 15 is 0 Å². The summed E-state index contributed by atoms with van der Waals surface area (Å²) in [5.74, 6) is -1.77. The Balaban J connectivity index is 2.00. The number of aryl methyl sites for hydroxylation is 1. The Morgan fingerprint density at radius 3 is 2.67 bits per heavy atom. The second kappa shape index (κ2) is 5.74. The van der Waals surface area contributed by atoms with Gasteiger partial charge in [0.2, 0.25) is 0 Å². The lowest BCUT2D eigenvalue weighted by Crippen LogP contribution is -2.24. The molecule has 2 N–H and O–H groups in total. The fourth-order valence-electron chi connectivity index (χ4n) is 3.17. The molecule has 0 saturated heterocycles. The van der Waals surface area contributed by atoms with Gasteiger partial charge in [0.25, 0.3) is 0 Å². The Labute approximate surface area is 127 Å². The summed E-state index contributed by atoms with van der Waals surface area (Å²) in [6.45, 7) is 0. The first-order valence-electron chi connectivity index (χ1n) is 7.05. The van der Waals surface area contributed by atoms with Crippen molar-refractivity contribution in [3.63, 3.8) is 0 Å². The molecule has 1 aliphatic carbocycles. The van der Waals surface area contributed by atoms with Gasteiger partial charge >= 0.3 is 0 Å².